The van der Waals surface area contributed by atoms with Crippen molar-refractivity contribution < 1.29 is 0 Å². The number of aromatic nitrogens is 4. The molecule has 0 saturated heterocycles. The second kappa shape index (κ2) is 3.80. The Hall–Kier alpha value is -2.11. The molecule has 0 unspecified atom stereocenters. The second-order valence-electron chi connectivity index (χ2n) is 3.53. The number of nitrogens with one attached hydrogen (secondary N) is 1. The SMILES string of the molecule is CCc1c(N)nc(-c2cnn(C)c2)[nH]c1=O. The zero-order valence-electron chi connectivity index (χ0n) is 9.19. The molecule has 0 aliphatic rings. The normalized spacial score (nSPS) is 10.6. The number of aromatic amines is 1. The summed E-state index contributed by atoms with van der Waals surface area (Å²) >= 11 is 0. The van der Waals surface area contributed by atoms with Crippen molar-refractivity contribution in [3.63, 3.8) is 0 Å². The molecule has 0 amide bonds. The van der Waals surface area contributed by atoms with Gasteiger partial charge in [-0.25, -0.2) is 4.98 Å². The van der Waals surface area contributed by atoms with E-state index < -0.39 is 0 Å². The summed E-state index contributed by atoms with van der Waals surface area (Å²) in [5, 5.41) is 4.01. The van der Waals surface area contributed by atoms with Crippen LogP contribution >= 0.6 is 0 Å². The molecule has 0 aliphatic carbocycles. The van der Waals surface area contributed by atoms with E-state index in [2.05, 4.69) is 15.1 Å². The van der Waals surface area contributed by atoms with Gasteiger partial charge in [-0.15, -0.1) is 0 Å². The lowest BCUT2D eigenvalue weighted by atomic mass is 10.2. The van der Waals surface area contributed by atoms with Gasteiger partial charge in [0.25, 0.3) is 5.56 Å². The third kappa shape index (κ3) is 1.69. The van der Waals surface area contributed by atoms with Crippen molar-refractivity contribution in [1.82, 2.24) is 19.7 Å². The predicted molar refractivity (Wildman–Crippen MR) is 60.9 cm³/mol. The number of nitrogens with zero attached hydrogens (tertiary/aromatic N) is 3. The Morgan fingerprint density at radius 2 is 2.31 bits per heavy atom. The molecular weight excluding hydrogens is 206 g/mol. The smallest absolute Gasteiger partial charge is 0.256 e. The maximum atomic E-state index is 11.7. The molecule has 0 aliphatic heterocycles. The number of nitrogens with two attached hydrogens (primary N) is 1. The van der Waals surface area contributed by atoms with Crippen LogP contribution in [-0.2, 0) is 13.5 Å². The van der Waals surface area contributed by atoms with Crippen LogP contribution in [0.2, 0.25) is 0 Å². The standard InChI is InChI=1S/C10H13N5O/c1-3-7-8(11)13-9(14-10(7)16)6-4-12-15(2)5-6/h4-5H,3H2,1-2H3,(H3,11,13,14,16). The van der Waals surface area contributed by atoms with Gasteiger partial charge in [-0.2, -0.15) is 5.10 Å². The average molecular weight is 219 g/mol. The average Bonchev–Trinajstić information content (AvgIpc) is 2.64. The Morgan fingerprint density at radius 3 is 2.81 bits per heavy atom. The molecular formula is C10H13N5O. The van der Waals surface area contributed by atoms with Gasteiger partial charge in [0.05, 0.1) is 17.3 Å². The Balaban J connectivity index is 2.56. The molecule has 0 spiro atoms. The summed E-state index contributed by atoms with van der Waals surface area (Å²) < 4.78 is 1.64. The molecule has 0 aromatic carbocycles. The van der Waals surface area contributed by atoms with Gasteiger partial charge in [0.2, 0.25) is 0 Å². The van der Waals surface area contributed by atoms with Crippen molar-refractivity contribution in [1.29, 1.82) is 0 Å². The summed E-state index contributed by atoms with van der Waals surface area (Å²) in [5.41, 5.74) is 6.80. The number of nitrogen functional groups attached to an aromatic ring is 1. The minimum Gasteiger partial charge on any atom is -0.383 e. The van der Waals surface area contributed by atoms with Gasteiger partial charge in [-0.1, -0.05) is 6.92 Å². The van der Waals surface area contributed by atoms with E-state index in [1.807, 2.05) is 6.92 Å². The van der Waals surface area contributed by atoms with Crippen LogP contribution < -0.4 is 11.3 Å². The first-order valence-electron chi connectivity index (χ1n) is 4.99. The molecule has 0 atom stereocenters. The molecule has 0 saturated carbocycles. The fraction of sp³-hybridized carbons (Fsp3) is 0.300. The topological polar surface area (TPSA) is 89.6 Å². The fourth-order valence-electron chi connectivity index (χ4n) is 1.54. The number of H-pyrrole nitrogens is 1. The summed E-state index contributed by atoms with van der Waals surface area (Å²) in [6.07, 6.45) is 3.97. The van der Waals surface area contributed by atoms with Gasteiger partial charge in [0.1, 0.15) is 11.6 Å². The second-order valence-corrected chi connectivity index (χ2v) is 3.53. The number of hydrogen-bond donors (Lipinski definition) is 2. The van der Waals surface area contributed by atoms with Crippen LogP contribution in [0.3, 0.4) is 0 Å². The minimum atomic E-state index is -0.186. The van der Waals surface area contributed by atoms with E-state index in [1.54, 1.807) is 24.1 Å². The molecule has 6 heteroatoms. The molecule has 3 N–H and O–H groups in total. The van der Waals surface area contributed by atoms with E-state index in [0.29, 0.717) is 17.8 Å². The van der Waals surface area contributed by atoms with Crippen LogP contribution in [-0.4, -0.2) is 19.7 Å². The van der Waals surface area contributed by atoms with E-state index in [0.717, 1.165) is 5.56 Å². The van der Waals surface area contributed by atoms with Crippen LogP contribution in [0.5, 0.6) is 0 Å². The van der Waals surface area contributed by atoms with Crippen molar-refractivity contribution in [2.24, 2.45) is 7.05 Å². The first-order chi connectivity index (χ1) is 7.61. The predicted octanol–water partition coefficient (Wildman–Crippen LogP) is 0.315. The lowest BCUT2D eigenvalue weighted by molar-refractivity contribution is 0.768. The van der Waals surface area contributed by atoms with Gasteiger partial charge >= 0.3 is 0 Å². The Kier molecular flexibility index (Phi) is 2.47. The zero-order chi connectivity index (χ0) is 11.7. The molecule has 6 nitrogen and oxygen atoms in total. The number of anilines is 1. The van der Waals surface area contributed by atoms with Crippen LogP contribution in [0.4, 0.5) is 5.82 Å². The highest BCUT2D eigenvalue weighted by molar-refractivity contribution is 5.55. The largest absolute Gasteiger partial charge is 0.383 e. The summed E-state index contributed by atoms with van der Waals surface area (Å²) in [6, 6.07) is 0. The van der Waals surface area contributed by atoms with Crippen molar-refractivity contribution in [2.75, 3.05) is 5.73 Å². The number of aryl methyl sites for hydroxylation is 1. The molecule has 2 heterocycles. The van der Waals surface area contributed by atoms with Crippen molar-refractivity contribution >= 4 is 5.82 Å². The highest BCUT2D eigenvalue weighted by atomic mass is 16.1. The fourth-order valence-corrected chi connectivity index (χ4v) is 1.54. The Morgan fingerprint density at radius 1 is 1.56 bits per heavy atom. The maximum Gasteiger partial charge on any atom is 0.256 e. The monoisotopic (exact) mass is 219 g/mol. The lowest BCUT2D eigenvalue weighted by Crippen LogP contribution is -2.17. The quantitative estimate of drug-likeness (QED) is 0.760. The summed E-state index contributed by atoms with van der Waals surface area (Å²) in [4.78, 5) is 18.5. The summed E-state index contributed by atoms with van der Waals surface area (Å²) in [7, 11) is 1.80. The number of hydrogen-bond acceptors (Lipinski definition) is 4. The van der Waals surface area contributed by atoms with Gasteiger partial charge in [-0.05, 0) is 6.42 Å². The van der Waals surface area contributed by atoms with Crippen LogP contribution in [0, 0.1) is 0 Å². The van der Waals surface area contributed by atoms with Crippen LogP contribution in [0.25, 0.3) is 11.4 Å². The van der Waals surface area contributed by atoms with E-state index in [9.17, 15) is 4.79 Å². The summed E-state index contributed by atoms with van der Waals surface area (Å²) in [5.74, 6) is 0.734. The van der Waals surface area contributed by atoms with E-state index >= 15 is 0 Å². The molecule has 0 bridgehead atoms. The van der Waals surface area contributed by atoms with E-state index in [4.69, 9.17) is 5.73 Å². The van der Waals surface area contributed by atoms with Crippen LogP contribution in [0.1, 0.15) is 12.5 Å². The zero-order valence-corrected chi connectivity index (χ0v) is 9.19. The highest BCUT2D eigenvalue weighted by Gasteiger charge is 2.09. The molecule has 2 aromatic heterocycles. The molecule has 0 radical (unpaired) electrons. The van der Waals surface area contributed by atoms with Gasteiger partial charge < -0.3 is 10.7 Å². The molecule has 84 valence electrons. The van der Waals surface area contributed by atoms with Gasteiger partial charge in [0, 0.05) is 13.2 Å². The van der Waals surface area contributed by atoms with Gasteiger partial charge in [0.15, 0.2) is 0 Å². The number of rotatable bonds is 2. The third-order valence-electron chi connectivity index (χ3n) is 2.38. The lowest BCUT2D eigenvalue weighted by Gasteiger charge is -2.03. The summed E-state index contributed by atoms with van der Waals surface area (Å²) in [6.45, 7) is 1.87. The minimum absolute atomic E-state index is 0.186. The van der Waals surface area contributed by atoms with Crippen molar-refractivity contribution in [3.8, 4) is 11.4 Å². The molecule has 2 rings (SSSR count). The Labute approximate surface area is 92.1 Å². The van der Waals surface area contributed by atoms with E-state index in [1.165, 1.54) is 0 Å². The van der Waals surface area contributed by atoms with Crippen molar-refractivity contribution in [2.45, 2.75) is 13.3 Å². The first-order valence-corrected chi connectivity index (χ1v) is 4.99. The van der Waals surface area contributed by atoms with Crippen molar-refractivity contribution in [3.05, 3.63) is 28.3 Å². The van der Waals surface area contributed by atoms with Gasteiger partial charge in [-0.3, -0.25) is 9.48 Å². The van der Waals surface area contributed by atoms with Crippen LogP contribution in [0.15, 0.2) is 17.2 Å². The third-order valence-corrected chi connectivity index (χ3v) is 2.38. The Bertz CT molecular complexity index is 569. The molecule has 0 fully saturated rings. The first kappa shape index (κ1) is 10.4. The molecule has 2 aromatic rings. The maximum absolute atomic E-state index is 11.7. The van der Waals surface area contributed by atoms with E-state index in [-0.39, 0.29) is 11.4 Å². The molecule has 16 heavy (non-hydrogen) atoms. The highest BCUT2D eigenvalue weighted by Crippen LogP contribution is 2.14.